The summed E-state index contributed by atoms with van der Waals surface area (Å²) in [5, 5.41) is 0.214. The Balaban J connectivity index is 2.01. The lowest BCUT2D eigenvalue weighted by atomic mass is 10.2. The molecule has 1 N–H and O–H groups in total. The Kier molecular flexibility index (Phi) is 3.52. The number of aromatic nitrogens is 4. The van der Waals surface area contributed by atoms with E-state index in [0.717, 1.165) is 24.4 Å². The molecule has 2 aromatic heterocycles. The SMILES string of the molecule is CCN(Cc1ccccc1)c1nc(Cl)nc2nc[nH]c12. The highest BCUT2D eigenvalue weighted by molar-refractivity contribution is 6.28. The van der Waals surface area contributed by atoms with Gasteiger partial charge in [0.25, 0.3) is 0 Å². The first-order valence-corrected chi connectivity index (χ1v) is 6.81. The Bertz CT molecular complexity index is 710. The van der Waals surface area contributed by atoms with Crippen molar-refractivity contribution in [3.8, 4) is 0 Å². The molecular formula is C14H14ClN5. The number of rotatable bonds is 4. The molecule has 6 heteroatoms. The van der Waals surface area contributed by atoms with Crippen LogP contribution in [-0.2, 0) is 6.54 Å². The van der Waals surface area contributed by atoms with E-state index >= 15 is 0 Å². The van der Waals surface area contributed by atoms with Gasteiger partial charge < -0.3 is 9.88 Å². The van der Waals surface area contributed by atoms with Gasteiger partial charge in [0.1, 0.15) is 5.52 Å². The molecule has 102 valence electrons. The number of anilines is 1. The van der Waals surface area contributed by atoms with Crippen LogP contribution in [0.25, 0.3) is 11.2 Å². The maximum Gasteiger partial charge on any atom is 0.226 e. The molecule has 0 aliphatic rings. The normalized spacial score (nSPS) is 10.9. The van der Waals surface area contributed by atoms with E-state index < -0.39 is 0 Å². The van der Waals surface area contributed by atoms with Crippen molar-refractivity contribution in [3.63, 3.8) is 0 Å². The molecule has 5 nitrogen and oxygen atoms in total. The van der Waals surface area contributed by atoms with E-state index in [1.54, 1.807) is 6.33 Å². The first-order chi connectivity index (χ1) is 9.78. The highest BCUT2D eigenvalue weighted by Crippen LogP contribution is 2.24. The summed E-state index contributed by atoms with van der Waals surface area (Å²) in [7, 11) is 0. The van der Waals surface area contributed by atoms with Gasteiger partial charge in [-0.3, -0.25) is 0 Å². The van der Waals surface area contributed by atoms with Gasteiger partial charge in [0.15, 0.2) is 11.5 Å². The molecule has 0 aliphatic carbocycles. The van der Waals surface area contributed by atoms with Crippen molar-refractivity contribution in [3.05, 3.63) is 47.5 Å². The minimum Gasteiger partial charge on any atom is -0.351 e. The van der Waals surface area contributed by atoms with Gasteiger partial charge in [0.05, 0.1) is 6.33 Å². The Morgan fingerprint density at radius 1 is 1.20 bits per heavy atom. The molecular weight excluding hydrogens is 274 g/mol. The molecule has 0 amide bonds. The second-order valence-electron chi connectivity index (χ2n) is 4.42. The summed E-state index contributed by atoms with van der Waals surface area (Å²) < 4.78 is 0. The van der Waals surface area contributed by atoms with Gasteiger partial charge in [-0.2, -0.15) is 9.97 Å². The maximum atomic E-state index is 5.98. The molecule has 0 radical (unpaired) electrons. The summed E-state index contributed by atoms with van der Waals surface area (Å²) in [6.07, 6.45) is 1.61. The summed E-state index contributed by atoms with van der Waals surface area (Å²) in [5.41, 5.74) is 2.62. The van der Waals surface area contributed by atoms with E-state index in [4.69, 9.17) is 11.6 Å². The number of fused-ring (bicyclic) bond motifs is 1. The van der Waals surface area contributed by atoms with E-state index in [1.807, 2.05) is 18.2 Å². The highest BCUT2D eigenvalue weighted by atomic mass is 35.5. The zero-order chi connectivity index (χ0) is 13.9. The molecule has 2 heterocycles. The minimum absolute atomic E-state index is 0.214. The van der Waals surface area contributed by atoms with E-state index in [9.17, 15) is 0 Å². The molecule has 0 atom stereocenters. The molecule has 0 aliphatic heterocycles. The third kappa shape index (κ3) is 2.44. The number of nitrogens with zero attached hydrogens (tertiary/aromatic N) is 4. The molecule has 0 bridgehead atoms. The van der Waals surface area contributed by atoms with E-state index in [-0.39, 0.29) is 5.28 Å². The monoisotopic (exact) mass is 287 g/mol. The van der Waals surface area contributed by atoms with Crippen LogP contribution in [0.5, 0.6) is 0 Å². The Morgan fingerprint density at radius 2 is 2.00 bits per heavy atom. The fourth-order valence-corrected chi connectivity index (χ4v) is 2.32. The molecule has 0 spiro atoms. The van der Waals surface area contributed by atoms with E-state index in [0.29, 0.717) is 5.65 Å². The summed E-state index contributed by atoms with van der Waals surface area (Å²) >= 11 is 5.98. The summed E-state index contributed by atoms with van der Waals surface area (Å²) in [6.45, 7) is 3.66. The van der Waals surface area contributed by atoms with Crippen molar-refractivity contribution in [2.24, 2.45) is 0 Å². The van der Waals surface area contributed by atoms with Crippen LogP contribution >= 0.6 is 11.6 Å². The van der Waals surface area contributed by atoms with Gasteiger partial charge in [0, 0.05) is 13.1 Å². The van der Waals surface area contributed by atoms with Crippen molar-refractivity contribution in [2.75, 3.05) is 11.4 Å². The minimum atomic E-state index is 0.214. The lowest BCUT2D eigenvalue weighted by Crippen LogP contribution is -2.23. The molecule has 3 rings (SSSR count). The fourth-order valence-electron chi connectivity index (χ4n) is 2.16. The van der Waals surface area contributed by atoms with Crippen LogP contribution in [0.4, 0.5) is 5.82 Å². The van der Waals surface area contributed by atoms with Gasteiger partial charge in [-0.1, -0.05) is 30.3 Å². The van der Waals surface area contributed by atoms with Crippen molar-refractivity contribution >= 4 is 28.6 Å². The number of imidazole rings is 1. The lowest BCUT2D eigenvalue weighted by molar-refractivity contribution is 0.815. The van der Waals surface area contributed by atoms with Crippen molar-refractivity contribution in [2.45, 2.75) is 13.5 Å². The second kappa shape index (κ2) is 5.46. The van der Waals surface area contributed by atoms with Crippen LogP contribution in [0.2, 0.25) is 5.28 Å². The number of benzene rings is 1. The number of hydrogen-bond acceptors (Lipinski definition) is 4. The molecule has 3 aromatic rings. The first-order valence-electron chi connectivity index (χ1n) is 6.43. The second-order valence-corrected chi connectivity index (χ2v) is 4.76. The van der Waals surface area contributed by atoms with Crippen LogP contribution in [0.3, 0.4) is 0 Å². The topological polar surface area (TPSA) is 57.7 Å². The number of nitrogens with one attached hydrogen (secondary N) is 1. The van der Waals surface area contributed by atoms with Gasteiger partial charge in [-0.25, -0.2) is 4.98 Å². The summed E-state index contributed by atoms with van der Waals surface area (Å²) in [5.74, 6) is 0.781. The number of H-pyrrole nitrogens is 1. The predicted octanol–water partition coefficient (Wildman–Crippen LogP) is 3.03. The highest BCUT2D eigenvalue weighted by Gasteiger charge is 2.15. The maximum absolute atomic E-state index is 5.98. The Hall–Kier alpha value is -2.14. The molecule has 0 fully saturated rings. The molecule has 0 unspecified atom stereocenters. The molecule has 0 saturated carbocycles. The van der Waals surface area contributed by atoms with Gasteiger partial charge in [0.2, 0.25) is 5.28 Å². The smallest absolute Gasteiger partial charge is 0.226 e. The van der Waals surface area contributed by atoms with Crippen LogP contribution in [0.15, 0.2) is 36.7 Å². The standard InChI is InChI=1S/C14H14ClN5/c1-2-20(8-10-6-4-3-5-7-10)13-11-12(17-9-16-11)18-14(15)19-13/h3-7,9H,2,8H2,1H3,(H,16,17,18,19). The summed E-state index contributed by atoms with van der Waals surface area (Å²) in [6, 6.07) is 10.3. The third-order valence-corrected chi connectivity index (χ3v) is 3.31. The Morgan fingerprint density at radius 3 is 2.75 bits per heavy atom. The first kappa shape index (κ1) is 12.9. The lowest BCUT2D eigenvalue weighted by Gasteiger charge is -2.22. The quantitative estimate of drug-likeness (QED) is 0.749. The van der Waals surface area contributed by atoms with Crippen molar-refractivity contribution < 1.29 is 0 Å². The number of aromatic amines is 1. The van der Waals surface area contributed by atoms with E-state index in [1.165, 1.54) is 5.56 Å². The third-order valence-electron chi connectivity index (χ3n) is 3.14. The summed E-state index contributed by atoms with van der Waals surface area (Å²) in [4.78, 5) is 17.8. The zero-order valence-electron chi connectivity index (χ0n) is 11.0. The molecule has 20 heavy (non-hydrogen) atoms. The number of hydrogen-bond donors (Lipinski definition) is 1. The zero-order valence-corrected chi connectivity index (χ0v) is 11.8. The molecule has 1 aromatic carbocycles. The van der Waals surface area contributed by atoms with Crippen LogP contribution < -0.4 is 4.90 Å². The molecule has 0 saturated heterocycles. The number of halogens is 1. The van der Waals surface area contributed by atoms with Gasteiger partial charge in [-0.15, -0.1) is 0 Å². The van der Waals surface area contributed by atoms with E-state index in [2.05, 4.69) is 43.9 Å². The van der Waals surface area contributed by atoms with Crippen LogP contribution in [0.1, 0.15) is 12.5 Å². The Labute approximate surface area is 121 Å². The predicted molar refractivity (Wildman–Crippen MR) is 79.9 cm³/mol. The van der Waals surface area contributed by atoms with Gasteiger partial charge in [-0.05, 0) is 24.1 Å². The van der Waals surface area contributed by atoms with Gasteiger partial charge >= 0.3 is 0 Å². The average Bonchev–Trinajstić information content (AvgIpc) is 2.93. The van der Waals surface area contributed by atoms with Crippen LogP contribution in [0, 0.1) is 0 Å². The largest absolute Gasteiger partial charge is 0.351 e. The fraction of sp³-hybridized carbons (Fsp3) is 0.214. The van der Waals surface area contributed by atoms with Crippen molar-refractivity contribution in [1.82, 2.24) is 19.9 Å². The van der Waals surface area contributed by atoms with Crippen LogP contribution in [-0.4, -0.2) is 26.5 Å². The average molecular weight is 288 g/mol. The van der Waals surface area contributed by atoms with Crippen molar-refractivity contribution in [1.29, 1.82) is 0 Å².